The van der Waals surface area contributed by atoms with Crippen LogP contribution in [0, 0.1) is 23.5 Å². The molecule has 3 saturated heterocycles. The third-order valence-corrected chi connectivity index (χ3v) is 9.17. The zero-order valence-corrected chi connectivity index (χ0v) is 18.3. The van der Waals surface area contributed by atoms with Gasteiger partial charge in [-0.2, -0.15) is 0 Å². The van der Waals surface area contributed by atoms with Gasteiger partial charge in [0.1, 0.15) is 17.7 Å². The molecule has 1 aromatic carbocycles. The van der Waals surface area contributed by atoms with Crippen LogP contribution in [0.4, 0.5) is 8.78 Å². The molecule has 4 rings (SSSR count). The van der Waals surface area contributed by atoms with Gasteiger partial charge < -0.3 is 10.5 Å². The predicted octanol–water partition coefficient (Wildman–Crippen LogP) is 2.11. The summed E-state index contributed by atoms with van der Waals surface area (Å²) in [5, 5.41) is -0.406. The van der Waals surface area contributed by atoms with Crippen molar-refractivity contribution in [3.63, 3.8) is 0 Å². The Morgan fingerprint density at radius 1 is 1.17 bits per heavy atom. The van der Waals surface area contributed by atoms with Gasteiger partial charge in [0.15, 0.2) is 0 Å². The standard InChI is InChI=1S/C21H31F2N3O3S/c1-13(2)30(27,28)26-6-5-14-9-25(10-15(14)11-26)17-8-20(24)21(29-12-17)18-7-16(22)3-4-19(18)23/h3-4,7,13-15,17,20-21H,5-6,8-12,24H2,1-2H3. The number of rotatable bonds is 4. The number of piperidine rings is 1. The third kappa shape index (κ3) is 4.14. The first kappa shape index (κ1) is 22.1. The lowest BCUT2D eigenvalue weighted by Crippen LogP contribution is -2.49. The third-order valence-electron chi connectivity index (χ3n) is 6.93. The van der Waals surface area contributed by atoms with E-state index in [1.165, 1.54) is 0 Å². The van der Waals surface area contributed by atoms with Gasteiger partial charge in [0.25, 0.3) is 0 Å². The second-order valence-corrected chi connectivity index (χ2v) is 11.7. The van der Waals surface area contributed by atoms with E-state index in [1.807, 2.05) is 0 Å². The molecular weight excluding hydrogens is 412 g/mol. The molecule has 3 aliphatic rings. The number of nitrogens with two attached hydrogens (primary N) is 1. The maximum Gasteiger partial charge on any atom is 0.216 e. The van der Waals surface area contributed by atoms with Crippen LogP contribution in [0.25, 0.3) is 0 Å². The number of halogens is 2. The van der Waals surface area contributed by atoms with E-state index in [9.17, 15) is 17.2 Å². The van der Waals surface area contributed by atoms with Crippen molar-refractivity contribution >= 4 is 10.0 Å². The smallest absolute Gasteiger partial charge is 0.216 e. The molecule has 3 fully saturated rings. The van der Waals surface area contributed by atoms with Gasteiger partial charge in [0, 0.05) is 43.8 Å². The van der Waals surface area contributed by atoms with E-state index < -0.39 is 39.1 Å². The molecule has 2 N–H and O–H groups in total. The number of hydrogen-bond donors (Lipinski definition) is 1. The van der Waals surface area contributed by atoms with Gasteiger partial charge in [-0.15, -0.1) is 0 Å². The minimum Gasteiger partial charge on any atom is -0.370 e. The summed E-state index contributed by atoms with van der Waals surface area (Å²) >= 11 is 0. The highest BCUT2D eigenvalue weighted by atomic mass is 32.2. The lowest BCUT2D eigenvalue weighted by atomic mass is 9.90. The van der Waals surface area contributed by atoms with Crippen LogP contribution in [0.2, 0.25) is 0 Å². The average molecular weight is 444 g/mol. The highest BCUT2D eigenvalue weighted by molar-refractivity contribution is 7.89. The number of sulfonamides is 1. The second-order valence-electron chi connectivity index (χ2n) is 9.19. The van der Waals surface area contributed by atoms with Crippen molar-refractivity contribution in [3.05, 3.63) is 35.4 Å². The maximum absolute atomic E-state index is 14.1. The Balaban J connectivity index is 1.39. The monoisotopic (exact) mass is 443 g/mol. The SMILES string of the molecule is CC(C)S(=O)(=O)N1CCC2CN(C3COC(c4cc(F)ccc4F)C(N)C3)CC2C1. The van der Waals surface area contributed by atoms with Crippen molar-refractivity contribution in [2.24, 2.45) is 17.6 Å². The van der Waals surface area contributed by atoms with Crippen LogP contribution < -0.4 is 5.73 Å². The number of nitrogens with zero attached hydrogens (tertiary/aromatic N) is 2. The molecule has 5 unspecified atom stereocenters. The Morgan fingerprint density at radius 3 is 2.60 bits per heavy atom. The number of hydrogen-bond acceptors (Lipinski definition) is 5. The molecule has 1 aromatic rings. The van der Waals surface area contributed by atoms with E-state index in [1.54, 1.807) is 18.2 Å². The largest absolute Gasteiger partial charge is 0.370 e. The van der Waals surface area contributed by atoms with Crippen LogP contribution in [-0.2, 0) is 14.8 Å². The van der Waals surface area contributed by atoms with E-state index in [4.69, 9.17) is 10.5 Å². The molecule has 30 heavy (non-hydrogen) atoms. The van der Waals surface area contributed by atoms with Crippen molar-refractivity contribution in [1.82, 2.24) is 9.21 Å². The van der Waals surface area contributed by atoms with Crippen molar-refractivity contribution in [2.45, 2.75) is 50.1 Å². The Hall–Kier alpha value is -1.13. The summed E-state index contributed by atoms with van der Waals surface area (Å²) in [6, 6.07) is 3.03. The lowest BCUT2D eigenvalue weighted by molar-refractivity contribution is -0.0480. The van der Waals surface area contributed by atoms with Crippen LogP contribution in [0.5, 0.6) is 0 Å². The summed E-state index contributed by atoms with van der Waals surface area (Å²) in [7, 11) is -3.23. The van der Waals surface area contributed by atoms with Gasteiger partial charge in [-0.05, 0) is 56.7 Å². The van der Waals surface area contributed by atoms with Crippen LogP contribution in [-0.4, -0.2) is 67.7 Å². The summed E-state index contributed by atoms with van der Waals surface area (Å²) in [6.45, 7) is 6.72. The molecule has 6 nitrogen and oxygen atoms in total. The first-order valence-corrected chi connectivity index (χ1v) is 12.2. The van der Waals surface area contributed by atoms with Crippen LogP contribution in [0.15, 0.2) is 18.2 Å². The zero-order chi connectivity index (χ0) is 21.6. The van der Waals surface area contributed by atoms with Gasteiger partial charge in [0.05, 0.1) is 11.9 Å². The molecule has 0 bridgehead atoms. The molecule has 0 amide bonds. The van der Waals surface area contributed by atoms with Gasteiger partial charge in [-0.25, -0.2) is 21.5 Å². The minimum atomic E-state index is -3.23. The van der Waals surface area contributed by atoms with E-state index in [0.29, 0.717) is 38.0 Å². The molecule has 0 spiro atoms. The first-order valence-electron chi connectivity index (χ1n) is 10.7. The fourth-order valence-electron chi connectivity index (χ4n) is 5.15. The van der Waals surface area contributed by atoms with E-state index in [-0.39, 0.29) is 11.6 Å². The lowest BCUT2D eigenvalue weighted by Gasteiger charge is -2.39. The summed E-state index contributed by atoms with van der Waals surface area (Å²) in [5.41, 5.74) is 6.49. The van der Waals surface area contributed by atoms with Crippen molar-refractivity contribution in [2.75, 3.05) is 32.8 Å². The van der Waals surface area contributed by atoms with Crippen molar-refractivity contribution in [3.8, 4) is 0 Å². The Labute approximate surface area is 177 Å². The molecular formula is C21H31F2N3O3S. The van der Waals surface area contributed by atoms with Crippen LogP contribution in [0.1, 0.15) is 38.4 Å². The number of ether oxygens (including phenoxy) is 1. The quantitative estimate of drug-likeness (QED) is 0.772. The Kier molecular flexibility index (Phi) is 6.20. The minimum absolute atomic E-state index is 0.105. The van der Waals surface area contributed by atoms with E-state index >= 15 is 0 Å². The summed E-state index contributed by atoms with van der Waals surface area (Å²) < 4.78 is 60.4. The Morgan fingerprint density at radius 2 is 1.90 bits per heavy atom. The summed E-state index contributed by atoms with van der Waals surface area (Å²) in [6.07, 6.45) is 0.839. The molecule has 0 radical (unpaired) electrons. The van der Waals surface area contributed by atoms with E-state index in [2.05, 4.69) is 4.90 Å². The molecule has 0 aliphatic carbocycles. The highest BCUT2D eigenvalue weighted by Crippen LogP contribution is 2.37. The molecule has 3 heterocycles. The van der Waals surface area contributed by atoms with Crippen LogP contribution >= 0.6 is 0 Å². The van der Waals surface area contributed by atoms with E-state index in [0.717, 1.165) is 37.7 Å². The normalized spacial score (nSPS) is 33.7. The molecule has 5 atom stereocenters. The number of fused-ring (bicyclic) bond motifs is 1. The zero-order valence-electron chi connectivity index (χ0n) is 17.5. The number of likely N-dealkylation sites (tertiary alicyclic amines) is 1. The van der Waals surface area contributed by atoms with Gasteiger partial charge in [-0.3, -0.25) is 4.90 Å². The highest BCUT2D eigenvalue weighted by Gasteiger charge is 2.44. The first-order chi connectivity index (χ1) is 14.2. The van der Waals surface area contributed by atoms with Crippen LogP contribution in [0.3, 0.4) is 0 Å². The summed E-state index contributed by atoms with van der Waals surface area (Å²) in [5.74, 6) is -0.233. The fourth-order valence-corrected chi connectivity index (χ4v) is 6.51. The molecule has 168 valence electrons. The molecule has 0 aromatic heterocycles. The van der Waals surface area contributed by atoms with Gasteiger partial charge >= 0.3 is 0 Å². The maximum atomic E-state index is 14.1. The molecule has 9 heteroatoms. The topological polar surface area (TPSA) is 75.9 Å². The van der Waals surface area contributed by atoms with Crippen molar-refractivity contribution < 1.29 is 21.9 Å². The number of benzene rings is 1. The van der Waals surface area contributed by atoms with Gasteiger partial charge in [-0.1, -0.05) is 0 Å². The molecule has 0 saturated carbocycles. The molecule has 3 aliphatic heterocycles. The fraction of sp³-hybridized carbons (Fsp3) is 0.714. The predicted molar refractivity (Wildman–Crippen MR) is 110 cm³/mol. The Bertz CT molecular complexity index is 882. The van der Waals surface area contributed by atoms with Gasteiger partial charge in [0.2, 0.25) is 10.0 Å². The summed E-state index contributed by atoms with van der Waals surface area (Å²) in [4.78, 5) is 2.35. The van der Waals surface area contributed by atoms with Crippen molar-refractivity contribution in [1.29, 1.82) is 0 Å². The second kappa shape index (κ2) is 8.43. The average Bonchev–Trinajstić information content (AvgIpc) is 3.13.